The van der Waals surface area contributed by atoms with E-state index in [9.17, 15) is 4.79 Å². The van der Waals surface area contributed by atoms with Crippen molar-refractivity contribution in [3.05, 3.63) is 82.0 Å². The van der Waals surface area contributed by atoms with E-state index in [2.05, 4.69) is 10.3 Å². The first kappa shape index (κ1) is 17.8. The molecule has 0 saturated heterocycles. The van der Waals surface area contributed by atoms with Crippen LogP contribution >= 0.6 is 23.2 Å². The van der Waals surface area contributed by atoms with Crippen molar-refractivity contribution in [2.75, 3.05) is 5.73 Å². The summed E-state index contributed by atoms with van der Waals surface area (Å²) in [6.07, 6.45) is 3.40. The third kappa shape index (κ3) is 3.64. The quantitative estimate of drug-likeness (QED) is 0.646. The Labute approximate surface area is 167 Å². The minimum absolute atomic E-state index is 0.100. The fraction of sp³-hybridized carbons (Fsp3) is 0.143. The summed E-state index contributed by atoms with van der Waals surface area (Å²) in [5.41, 5.74) is 9.51. The molecule has 1 saturated carbocycles. The lowest BCUT2D eigenvalue weighted by molar-refractivity contribution is 0.0931. The number of rotatable bonds is 4. The van der Waals surface area contributed by atoms with Gasteiger partial charge >= 0.3 is 0 Å². The van der Waals surface area contributed by atoms with Crippen molar-refractivity contribution >= 4 is 34.8 Å². The van der Waals surface area contributed by atoms with Gasteiger partial charge in [-0.15, -0.1) is 0 Å². The van der Waals surface area contributed by atoms with Crippen LogP contribution in [0.5, 0.6) is 0 Å². The van der Waals surface area contributed by atoms with Crippen LogP contribution in [0.3, 0.4) is 0 Å². The molecule has 3 N–H and O–H groups in total. The molecule has 0 unspecified atom stereocenters. The van der Waals surface area contributed by atoms with Crippen LogP contribution in [0, 0.1) is 0 Å². The zero-order valence-electron chi connectivity index (χ0n) is 14.4. The molecule has 1 aliphatic carbocycles. The third-order valence-corrected chi connectivity index (χ3v) is 5.26. The third-order valence-electron chi connectivity index (χ3n) is 4.80. The Hall–Kier alpha value is -2.56. The van der Waals surface area contributed by atoms with Crippen LogP contribution in [0.1, 0.15) is 28.8 Å². The molecule has 136 valence electrons. The standard InChI is InChI=1S/C21H17Cl2N3O/c22-16-7-3-14(4-8-16)20(27)26-21(9-10-21)15-5-1-13(2-6-15)19-18(24)11-17(23)12-25-19/h1-8,11-12H,9-10,24H2,(H,26,27). The number of nitrogens with zero attached hydrogens (tertiary/aromatic N) is 1. The molecule has 4 rings (SSSR count). The summed E-state index contributed by atoms with van der Waals surface area (Å²) in [7, 11) is 0. The van der Waals surface area contributed by atoms with Crippen LogP contribution in [0.2, 0.25) is 10.0 Å². The molecule has 2 aromatic carbocycles. The zero-order valence-corrected chi connectivity index (χ0v) is 15.9. The molecular weight excluding hydrogens is 381 g/mol. The first-order valence-electron chi connectivity index (χ1n) is 8.57. The highest BCUT2D eigenvalue weighted by atomic mass is 35.5. The molecule has 1 heterocycles. The van der Waals surface area contributed by atoms with Crippen molar-refractivity contribution in [1.82, 2.24) is 10.3 Å². The molecule has 0 atom stereocenters. The van der Waals surface area contributed by atoms with Crippen molar-refractivity contribution < 1.29 is 4.79 Å². The fourth-order valence-electron chi connectivity index (χ4n) is 3.14. The average Bonchev–Trinajstić information content (AvgIpc) is 3.43. The monoisotopic (exact) mass is 397 g/mol. The van der Waals surface area contributed by atoms with Gasteiger partial charge in [0, 0.05) is 22.3 Å². The number of carbonyl (C=O) groups excluding carboxylic acids is 1. The molecule has 27 heavy (non-hydrogen) atoms. The predicted octanol–water partition coefficient (Wildman–Crippen LogP) is 5.06. The number of pyridine rings is 1. The van der Waals surface area contributed by atoms with E-state index in [1.54, 1.807) is 36.5 Å². The second-order valence-corrected chi connectivity index (χ2v) is 7.58. The minimum Gasteiger partial charge on any atom is -0.397 e. The van der Waals surface area contributed by atoms with Crippen molar-refractivity contribution in [2.24, 2.45) is 0 Å². The number of nitrogen functional groups attached to an aromatic ring is 1. The Morgan fingerprint density at radius 1 is 1.00 bits per heavy atom. The first-order chi connectivity index (χ1) is 13.0. The smallest absolute Gasteiger partial charge is 0.251 e. The molecule has 1 fully saturated rings. The topological polar surface area (TPSA) is 68.0 Å². The Morgan fingerprint density at radius 3 is 2.26 bits per heavy atom. The van der Waals surface area contributed by atoms with Gasteiger partial charge in [0.15, 0.2) is 0 Å². The zero-order chi connectivity index (χ0) is 19.0. The van der Waals surface area contributed by atoms with Crippen LogP contribution in [0.25, 0.3) is 11.3 Å². The Morgan fingerprint density at radius 2 is 1.67 bits per heavy atom. The highest BCUT2D eigenvalue weighted by Crippen LogP contribution is 2.46. The predicted molar refractivity (Wildman–Crippen MR) is 109 cm³/mol. The van der Waals surface area contributed by atoms with E-state index >= 15 is 0 Å². The molecule has 0 bridgehead atoms. The number of benzene rings is 2. The number of nitrogens with two attached hydrogens (primary N) is 1. The molecule has 1 amide bonds. The maximum Gasteiger partial charge on any atom is 0.251 e. The van der Waals surface area contributed by atoms with Gasteiger partial charge in [-0.1, -0.05) is 47.5 Å². The van der Waals surface area contributed by atoms with Gasteiger partial charge in [0.1, 0.15) is 0 Å². The lowest BCUT2D eigenvalue weighted by Gasteiger charge is -2.18. The highest BCUT2D eigenvalue weighted by Gasteiger charge is 2.45. The molecule has 1 aromatic heterocycles. The number of aromatic nitrogens is 1. The Kier molecular flexibility index (Phi) is 4.54. The number of carbonyl (C=O) groups is 1. The van der Waals surface area contributed by atoms with Gasteiger partial charge in [0.25, 0.3) is 5.91 Å². The van der Waals surface area contributed by atoms with Crippen molar-refractivity contribution in [3.8, 4) is 11.3 Å². The number of amides is 1. The maximum atomic E-state index is 12.6. The maximum absolute atomic E-state index is 12.6. The normalized spacial score (nSPS) is 14.6. The SMILES string of the molecule is Nc1cc(Cl)cnc1-c1ccc(C2(NC(=O)c3ccc(Cl)cc3)CC2)cc1. The van der Waals surface area contributed by atoms with E-state index in [1.165, 1.54) is 0 Å². The summed E-state index contributed by atoms with van der Waals surface area (Å²) in [5, 5.41) is 4.28. The second-order valence-electron chi connectivity index (χ2n) is 6.71. The van der Waals surface area contributed by atoms with Crippen molar-refractivity contribution in [2.45, 2.75) is 18.4 Å². The number of hydrogen-bond donors (Lipinski definition) is 2. The summed E-state index contributed by atoms with van der Waals surface area (Å²) in [6, 6.07) is 16.5. The van der Waals surface area contributed by atoms with E-state index < -0.39 is 0 Å². The van der Waals surface area contributed by atoms with E-state index in [4.69, 9.17) is 28.9 Å². The van der Waals surface area contributed by atoms with Crippen LogP contribution in [0.15, 0.2) is 60.8 Å². The molecular formula is C21H17Cl2N3O. The number of halogens is 2. The van der Waals surface area contributed by atoms with Gasteiger partial charge in [0.2, 0.25) is 0 Å². The van der Waals surface area contributed by atoms with Crippen molar-refractivity contribution in [1.29, 1.82) is 0 Å². The second kappa shape index (κ2) is 6.87. The van der Waals surface area contributed by atoms with Crippen LogP contribution in [-0.2, 0) is 5.54 Å². The van der Waals surface area contributed by atoms with Crippen LogP contribution < -0.4 is 11.1 Å². The number of hydrogen-bond acceptors (Lipinski definition) is 3. The van der Waals surface area contributed by atoms with E-state index in [-0.39, 0.29) is 11.4 Å². The first-order valence-corrected chi connectivity index (χ1v) is 9.32. The van der Waals surface area contributed by atoms with Crippen LogP contribution in [0.4, 0.5) is 5.69 Å². The summed E-state index contributed by atoms with van der Waals surface area (Å²) >= 11 is 11.8. The fourth-order valence-corrected chi connectivity index (χ4v) is 3.44. The van der Waals surface area contributed by atoms with Gasteiger partial charge in [-0.3, -0.25) is 9.78 Å². The van der Waals surface area contributed by atoms with Crippen molar-refractivity contribution in [3.63, 3.8) is 0 Å². The molecule has 3 aromatic rings. The largest absolute Gasteiger partial charge is 0.397 e. The number of anilines is 1. The minimum atomic E-state index is -0.311. The van der Waals surface area contributed by atoms with E-state index in [1.807, 2.05) is 24.3 Å². The summed E-state index contributed by atoms with van der Waals surface area (Å²) < 4.78 is 0. The van der Waals surface area contributed by atoms with Gasteiger partial charge < -0.3 is 11.1 Å². The summed E-state index contributed by atoms with van der Waals surface area (Å²) in [6.45, 7) is 0. The van der Waals surface area contributed by atoms with Gasteiger partial charge in [-0.05, 0) is 48.7 Å². The molecule has 0 spiro atoms. The molecule has 4 nitrogen and oxygen atoms in total. The number of nitrogens with one attached hydrogen (secondary N) is 1. The Bertz CT molecular complexity index is 997. The Balaban J connectivity index is 1.54. The lowest BCUT2D eigenvalue weighted by Crippen LogP contribution is -2.34. The molecule has 0 aliphatic heterocycles. The lowest BCUT2D eigenvalue weighted by atomic mass is 10.0. The van der Waals surface area contributed by atoms with Gasteiger partial charge in [0.05, 0.1) is 21.9 Å². The van der Waals surface area contributed by atoms with Crippen LogP contribution in [-0.4, -0.2) is 10.9 Å². The van der Waals surface area contributed by atoms with E-state index in [0.717, 1.165) is 24.0 Å². The summed E-state index contributed by atoms with van der Waals surface area (Å²) in [4.78, 5) is 16.9. The van der Waals surface area contributed by atoms with E-state index in [0.29, 0.717) is 27.0 Å². The average molecular weight is 398 g/mol. The highest BCUT2D eigenvalue weighted by molar-refractivity contribution is 6.31. The molecule has 1 aliphatic rings. The molecule has 6 heteroatoms. The molecule has 0 radical (unpaired) electrons. The van der Waals surface area contributed by atoms with Gasteiger partial charge in [-0.25, -0.2) is 0 Å². The van der Waals surface area contributed by atoms with Gasteiger partial charge in [-0.2, -0.15) is 0 Å². The summed E-state index contributed by atoms with van der Waals surface area (Å²) in [5.74, 6) is -0.100.